The molecule has 4 rings (SSSR count). The van der Waals surface area contributed by atoms with Crippen molar-refractivity contribution in [1.29, 1.82) is 0 Å². The number of aromatic nitrogens is 1. The summed E-state index contributed by atoms with van der Waals surface area (Å²) >= 11 is 4.19. The van der Waals surface area contributed by atoms with Crippen LogP contribution < -0.4 is 0 Å². The number of halogens is 1. The third kappa shape index (κ3) is 4.00. The Bertz CT molecular complexity index is 965. The Morgan fingerprint density at radius 3 is 2.57 bits per heavy atom. The Kier molecular flexibility index (Phi) is 6.65. The average Bonchev–Trinajstić information content (AvgIpc) is 3.16. The van der Waals surface area contributed by atoms with Gasteiger partial charge in [-0.2, -0.15) is 0 Å². The summed E-state index contributed by atoms with van der Waals surface area (Å²) < 4.78 is 2.29. The smallest absolute Gasteiger partial charge is 0.0631 e. The van der Waals surface area contributed by atoms with Crippen LogP contribution in [0.2, 0.25) is 0 Å². The molecule has 1 aromatic heterocycles. The SMILES string of the molecule is CSc1ccc(C2CCCCN2Cc2c(C)cc(C)c3c2ccn3SI)cc1. The molecule has 0 aliphatic carbocycles. The van der Waals surface area contributed by atoms with Crippen LogP contribution in [0, 0.1) is 13.8 Å². The van der Waals surface area contributed by atoms with Crippen LogP contribution in [0.25, 0.3) is 10.9 Å². The second-order valence-electron chi connectivity index (χ2n) is 7.72. The molecule has 148 valence electrons. The Labute approximate surface area is 189 Å². The van der Waals surface area contributed by atoms with Gasteiger partial charge in [0.1, 0.15) is 0 Å². The normalized spacial score (nSPS) is 18.1. The molecule has 1 atom stereocenters. The molecular weight excluding hydrogens is 495 g/mol. The Morgan fingerprint density at radius 2 is 1.86 bits per heavy atom. The predicted octanol–water partition coefficient (Wildman–Crippen LogP) is 7.55. The molecule has 0 N–H and O–H groups in total. The van der Waals surface area contributed by atoms with Crippen molar-refractivity contribution in [2.45, 2.75) is 50.6 Å². The fraction of sp³-hybridized carbons (Fsp3) is 0.391. The van der Waals surface area contributed by atoms with Crippen LogP contribution in [0.1, 0.15) is 47.6 Å². The molecule has 2 nitrogen and oxygen atoms in total. The van der Waals surface area contributed by atoms with Gasteiger partial charge in [-0.15, -0.1) is 11.8 Å². The van der Waals surface area contributed by atoms with Crippen molar-refractivity contribution in [1.82, 2.24) is 8.87 Å². The summed E-state index contributed by atoms with van der Waals surface area (Å²) in [7, 11) is 1.75. The molecule has 2 heterocycles. The number of hydrogen-bond donors (Lipinski definition) is 0. The number of hydrogen-bond acceptors (Lipinski definition) is 3. The van der Waals surface area contributed by atoms with Crippen LogP contribution >= 0.6 is 42.1 Å². The van der Waals surface area contributed by atoms with Crippen LogP contribution in [-0.2, 0) is 6.54 Å². The Balaban J connectivity index is 1.69. The van der Waals surface area contributed by atoms with Gasteiger partial charge in [-0.05, 0) is 79.9 Å². The number of piperidine rings is 1. The summed E-state index contributed by atoms with van der Waals surface area (Å²) in [4.78, 5) is 4.06. The first kappa shape index (κ1) is 20.6. The molecule has 1 saturated heterocycles. The molecule has 0 saturated carbocycles. The molecule has 0 radical (unpaired) electrons. The second kappa shape index (κ2) is 9.02. The highest BCUT2D eigenvalue weighted by Gasteiger charge is 2.25. The molecule has 5 heteroatoms. The molecule has 1 aliphatic heterocycles. The van der Waals surface area contributed by atoms with Gasteiger partial charge in [0.15, 0.2) is 0 Å². The monoisotopic (exact) mass is 522 g/mol. The fourth-order valence-electron chi connectivity index (χ4n) is 4.59. The molecule has 0 bridgehead atoms. The molecule has 1 unspecified atom stereocenters. The van der Waals surface area contributed by atoms with Gasteiger partial charge in [-0.1, -0.05) is 24.6 Å². The van der Waals surface area contributed by atoms with E-state index in [0.29, 0.717) is 6.04 Å². The van der Waals surface area contributed by atoms with Gasteiger partial charge >= 0.3 is 0 Å². The van der Waals surface area contributed by atoms with Crippen LogP contribution in [0.4, 0.5) is 0 Å². The third-order valence-corrected chi connectivity index (χ3v) is 8.48. The molecule has 2 aromatic carbocycles. The zero-order valence-electron chi connectivity index (χ0n) is 16.7. The van der Waals surface area contributed by atoms with Crippen molar-refractivity contribution >= 4 is 53.0 Å². The van der Waals surface area contributed by atoms with Crippen molar-refractivity contribution in [2.75, 3.05) is 12.8 Å². The van der Waals surface area contributed by atoms with Crippen LogP contribution in [0.5, 0.6) is 0 Å². The predicted molar refractivity (Wildman–Crippen MR) is 134 cm³/mol. The number of thioether (sulfide) groups is 1. The lowest BCUT2D eigenvalue weighted by Crippen LogP contribution is -2.33. The summed E-state index contributed by atoms with van der Waals surface area (Å²) in [5, 5.41) is 1.42. The molecule has 1 aliphatic rings. The molecule has 1 fully saturated rings. The maximum atomic E-state index is 2.71. The van der Waals surface area contributed by atoms with Crippen molar-refractivity contribution in [3.63, 3.8) is 0 Å². The summed E-state index contributed by atoms with van der Waals surface area (Å²) in [6, 6.07) is 14.4. The number of benzene rings is 2. The van der Waals surface area contributed by atoms with E-state index in [2.05, 4.69) is 92.8 Å². The zero-order valence-corrected chi connectivity index (χ0v) is 20.5. The largest absolute Gasteiger partial charge is 0.292 e. The number of likely N-dealkylation sites (tertiary alicyclic amines) is 1. The maximum absolute atomic E-state index is 2.71. The lowest BCUT2D eigenvalue weighted by Gasteiger charge is -2.36. The number of fused-ring (bicyclic) bond motifs is 1. The van der Waals surface area contributed by atoms with E-state index in [1.807, 2.05) is 11.8 Å². The van der Waals surface area contributed by atoms with Crippen LogP contribution in [-0.4, -0.2) is 21.7 Å². The van der Waals surface area contributed by atoms with E-state index in [9.17, 15) is 0 Å². The van der Waals surface area contributed by atoms with Crippen molar-refractivity contribution in [2.24, 2.45) is 0 Å². The highest BCUT2D eigenvalue weighted by molar-refractivity contribution is 14.2. The number of nitrogens with zero attached hydrogens (tertiary/aromatic N) is 2. The first-order valence-electron chi connectivity index (χ1n) is 9.89. The Hall–Kier alpha value is -0.630. The minimum atomic E-state index is 0.529. The van der Waals surface area contributed by atoms with E-state index in [0.717, 1.165) is 6.54 Å². The van der Waals surface area contributed by atoms with Gasteiger partial charge in [-0.25, -0.2) is 0 Å². The summed E-state index contributed by atoms with van der Waals surface area (Å²) in [6.45, 7) is 6.74. The van der Waals surface area contributed by atoms with E-state index in [1.54, 1.807) is 9.12 Å². The molecule has 28 heavy (non-hydrogen) atoms. The minimum Gasteiger partial charge on any atom is -0.292 e. The fourth-order valence-corrected chi connectivity index (χ4v) is 6.40. The molecule has 0 amide bonds. The average molecular weight is 523 g/mol. The summed E-state index contributed by atoms with van der Waals surface area (Å²) in [5.74, 6) is 0. The maximum Gasteiger partial charge on any atom is 0.0631 e. The lowest BCUT2D eigenvalue weighted by molar-refractivity contribution is 0.140. The molecule has 0 spiro atoms. The van der Waals surface area contributed by atoms with E-state index >= 15 is 0 Å². The highest BCUT2D eigenvalue weighted by atomic mass is 127. The Morgan fingerprint density at radius 1 is 1.07 bits per heavy atom. The van der Waals surface area contributed by atoms with Crippen molar-refractivity contribution < 1.29 is 0 Å². The van der Waals surface area contributed by atoms with Gasteiger partial charge in [0.25, 0.3) is 0 Å². The van der Waals surface area contributed by atoms with Gasteiger partial charge in [0, 0.05) is 59.4 Å². The third-order valence-electron chi connectivity index (χ3n) is 6.01. The first-order chi connectivity index (χ1) is 13.6. The van der Waals surface area contributed by atoms with Gasteiger partial charge in [-0.3, -0.25) is 8.87 Å². The topological polar surface area (TPSA) is 8.17 Å². The quantitative estimate of drug-likeness (QED) is 0.253. The second-order valence-corrected chi connectivity index (χ2v) is 10.3. The minimum absolute atomic E-state index is 0.529. The van der Waals surface area contributed by atoms with Crippen LogP contribution in [0.3, 0.4) is 0 Å². The zero-order chi connectivity index (χ0) is 19.7. The van der Waals surface area contributed by atoms with E-state index in [1.165, 1.54) is 63.9 Å². The van der Waals surface area contributed by atoms with Crippen LogP contribution in [0.15, 0.2) is 47.5 Å². The number of rotatable bonds is 5. The first-order valence-corrected chi connectivity index (χ1v) is 14.4. The molecule has 3 aromatic rings. The molecular formula is C23H27IN2S2. The van der Waals surface area contributed by atoms with Gasteiger partial charge in [0.2, 0.25) is 0 Å². The van der Waals surface area contributed by atoms with E-state index < -0.39 is 0 Å². The standard InChI is InChI=1S/C23H27IN2S2/c1-16-14-17(2)23-20(11-13-26(23)28-24)21(16)15-25-12-5-4-6-22(25)18-7-9-19(27-3)10-8-18/h7-11,13-14,22H,4-6,12,15H2,1-3H3. The van der Waals surface area contributed by atoms with Gasteiger partial charge < -0.3 is 0 Å². The summed E-state index contributed by atoms with van der Waals surface area (Å²) in [6.07, 6.45) is 8.25. The van der Waals surface area contributed by atoms with Crippen molar-refractivity contribution in [3.05, 3.63) is 64.8 Å². The van der Waals surface area contributed by atoms with E-state index in [-0.39, 0.29) is 0 Å². The van der Waals surface area contributed by atoms with Crippen molar-refractivity contribution in [3.8, 4) is 0 Å². The summed E-state index contributed by atoms with van der Waals surface area (Å²) in [5.41, 5.74) is 7.13. The van der Waals surface area contributed by atoms with Gasteiger partial charge in [0.05, 0.1) is 5.52 Å². The van der Waals surface area contributed by atoms with E-state index in [4.69, 9.17) is 0 Å². The number of aryl methyl sites for hydroxylation is 2. The highest BCUT2D eigenvalue weighted by Crippen LogP contribution is 2.36. The lowest BCUT2D eigenvalue weighted by atomic mass is 9.93.